The molecule has 2 aromatic rings. The maximum Gasteiger partial charge on any atom is 0.422 e. The molecule has 29 heavy (non-hydrogen) atoms. The van der Waals surface area contributed by atoms with Gasteiger partial charge >= 0.3 is 6.18 Å². The second-order valence-corrected chi connectivity index (χ2v) is 5.71. The van der Waals surface area contributed by atoms with Gasteiger partial charge in [0.15, 0.2) is 18.1 Å². The molecule has 0 heterocycles. The van der Waals surface area contributed by atoms with Gasteiger partial charge in [0, 0.05) is 12.6 Å². The molecule has 0 atom stereocenters. The highest BCUT2D eigenvalue weighted by Crippen LogP contribution is 2.34. The largest absolute Gasteiger partial charge is 0.493 e. The summed E-state index contributed by atoms with van der Waals surface area (Å²) < 4.78 is 51.1. The minimum absolute atomic E-state index is 0.0100. The first kappa shape index (κ1) is 21.8. The molecular formula is C18H17F3N2O6. The number of nitrogens with one attached hydrogen (secondary N) is 1. The van der Waals surface area contributed by atoms with E-state index in [1.807, 2.05) is 0 Å². The molecule has 0 aliphatic rings. The molecule has 1 amide bonds. The van der Waals surface area contributed by atoms with Gasteiger partial charge in [-0.25, -0.2) is 0 Å². The SMILES string of the molecule is COc1cc(C(=O)NCc2ccc(OCC(F)(F)F)cc2)c([N+](=O)[O-])cc1OC. The van der Waals surface area contributed by atoms with E-state index in [2.05, 4.69) is 10.1 Å². The highest BCUT2D eigenvalue weighted by Gasteiger charge is 2.28. The molecule has 0 radical (unpaired) electrons. The van der Waals surface area contributed by atoms with Crippen LogP contribution in [0.3, 0.4) is 0 Å². The molecule has 0 bridgehead atoms. The maximum absolute atomic E-state index is 12.4. The lowest BCUT2D eigenvalue weighted by atomic mass is 10.1. The lowest BCUT2D eigenvalue weighted by Crippen LogP contribution is -2.24. The summed E-state index contributed by atoms with van der Waals surface area (Å²) >= 11 is 0. The summed E-state index contributed by atoms with van der Waals surface area (Å²) in [6.07, 6.45) is -4.44. The first-order valence-corrected chi connectivity index (χ1v) is 8.11. The molecule has 0 saturated heterocycles. The molecule has 11 heteroatoms. The highest BCUT2D eigenvalue weighted by atomic mass is 19.4. The molecule has 156 valence electrons. The molecule has 0 saturated carbocycles. The molecule has 2 rings (SSSR count). The Kier molecular flexibility index (Phi) is 6.86. The summed E-state index contributed by atoms with van der Waals surface area (Å²) in [6, 6.07) is 7.86. The van der Waals surface area contributed by atoms with Gasteiger partial charge in [-0.2, -0.15) is 13.2 Å². The van der Waals surface area contributed by atoms with Crippen LogP contribution in [0.5, 0.6) is 17.2 Å². The van der Waals surface area contributed by atoms with Crippen molar-refractivity contribution in [1.29, 1.82) is 0 Å². The van der Waals surface area contributed by atoms with Crippen molar-refractivity contribution < 1.29 is 37.1 Å². The topological polar surface area (TPSA) is 99.9 Å². The third kappa shape index (κ3) is 5.99. The van der Waals surface area contributed by atoms with E-state index in [9.17, 15) is 28.1 Å². The number of nitro groups is 1. The number of rotatable bonds is 8. The van der Waals surface area contributed by atoms with E-state index in [0.29, 0.717) is 5.56 Å². The molecule has 0 unspecified atom stereocenters. The molecule has 8 nitrogen and oxygen atoms in total. The number of methoxy groups -OCH3 is 2. The normalized spacial score (nSPS) is 10.9. The second kappa shape index (κ2) is 9.13. The number of nitrogens with zero attached hydrogens (tertiary/aromatic N) is 1. The van der Waals surface area contributed by atoms with E-state index in [1.54, 1.807) is 0 Å². The summed E-state index contributed by atoms with van der Waals surface area (Å²) in [5.74, 6) is -0.456. The van der Waals surface area contributed by atoms with Gasteiger partial charge in [-0.3, -0.25) is 14.9 Å². The van der Waals surface area contributed by atoms with Crippen molar-refractivity contribution in [2.75, 3.05) is 20.8 Å². The van der Waals surface area contributed by atoms with E-state index >= 15 is 0 Å². The van der Waals surface area contributed by atoms with Crippen molar-refractivity contribution in [2.45, 2.75) is 12.7 Å². The van der Waals surface area contributed by atoms with Gasteiger partial charge < -0.3 is 19.5 Å². The Morgan fingerprint density at radius 3 is 2.21 bits per heavy atom. The molecule has 1 N–H and O–H groups in total. The van der Waals surface area contributed by atoms with E-state index < -0.39 is 29.3 Å². The number of amides is 1. The second-order valence-electron chi connectivity index (χ2n) is 5.71. The zero-order valence-corrected chi connectivity index (χ0v) is 15.4. The van der Waals surface area contributed by atoms with Crippen LogP contribution >= 0.6 is 0 Å². The molecule has 0 aliphatic carbocycles. The number of hydrogen-bond acceptors (Lipinski definition) is 6. The number of hydrogen-bond donors (Lipinski definition) is 1. The van der Waals surface area contributed by atoms with Crippen molar-refractivity contribution in [3.8, 4) is 17.2 Å². The minimum Gasteiger partial charge on any atom is -0.493 e. The van der Waals surface area contributed by atoms with Gasteiger partial charge in [-0.15, -0.1) is 0 Å². The lowest BCUT2D eigenvalue weighted by Gasteiger charge is -2.11. The van der Waals surface area contributed by atoms with Crippen molar-refractivity contribution in [3.05, 3.63) is 57.6 Å². The fourth-order valence-corrected chi connectivity index (χ4v) is 2.35. The van der Waals surface area contributed by atoms with Crippen LogP contribution in [-0.4, -0.2) is 37.8 Å². The van der Waals surface area contributed by atoms with Crippen molar-refractivity contribution in [2.24, 2.45) is 0 Å². The molecule has 0 aliphatic heterocycles. The number of alkyl halides is 3. The summed E-state index contributed by atoms with van der Waals surface area (Å²) in [5.41, 5.74) is -0.130. The minimum atomic E-state index is -4.44. The van der Waals surface area contributed by atoms with Gasteiger partial charge in [-0.05, 0) is 17.7 Å². The number of carbonyl (C=O) groups is 1. The Hall–Kier alpha value is -3.50. The summed E-state index contributed by atoms with van der Waals surface area (Å²) in [6.45, 7) is -1.42. The number of nitro benzene ring substituents is 1. The Morgan fingerprint density at radius 1 is 1.10 bits per heavy atom. The quantitative estimate of drug-likeness (QED) is 0.524. The first-order chi connectivity index (χ1) is 13.6. The lowest BCUT2D eigenvalue weighted by molar-refractivity contribution is -0.385. The van der Waals surface area contributed by atoms with Gasteiger partial charge in [0.05, 0.1) is 25.2 Å². The third-order valence-corrected chi connectivity index (χ3v) is 3.72. The van der Waals surface area contributed by atoms with Crippen LogP contribution in [0.2, 0.25) is 0 Å². The number of halogens is 3. The highest BCUT2D eigenvalue weighted by molar-refractivity contribution is 5.99. The van der Waals surface area contributed by atoms with Crippen molar-refractivity contribution >= 4 is 11.6 Å². The predicted molar refractivity (Wildman–Crippen MR) is 95.4 cm³/mol. The predicted octanol–water partition coefficient (Wildman–Crippen LogP) is 3.48. The monoisotopic (exact) mass is 414 g/mol. The van der Waals surface area contributed by atoms with Crippen LogP contribution < -0.4 is 19.5 Å². The fraction of sp³-hybridized carbons (Fsp3) is 0.278. The molecule has 0 spiro atoms. The van der Waals surface area contributed by atoms with E-state index in [4.69, 9.17) is 9.47 Å². The van der Waals surface area contributed by atoms with Crippen LogP contribution in [0.25, 0.3) is 0 Å². The summed E-state index contributed by atoms with van der Waals surface area (Å²) in [7, 11) is 2.64. The van der Waals surface area contributed by atoms with Gasteiger partial charge in [0.1, 0.15) is 11.3 Å². The van der Waals surface area contributed by atoms with Crippen LogP contribution in [0.4, 0.5) is 18.9 Å². The molecule has 0 aromatic heterocycles. The number of carbonyl (C=O) groups excluding carboxylic acids is 1. The Morgan fingerprint density at radius 2 is 1.69 bits per heavy atom. The van der Waals surface area contributed by atoms with Crippen molar-refractivity contribution in [1.82, 2.24) is 5.32 Å². The molecule has 0 fully saturated rings. The third-order valence-electron chi connectivity index (χ3n) is 3.72. The summed E-state index contributed by atoms with van der Waals surface area (Å²) in [4.78, 5) is 23.0. The van der Waals surface area contributed by atoms with Crippen LogP contribution in [0.1, 0.15) is 15.9 Å². The average Bonchev–Trinajstić information content (AvgIpc) is 2.69. The molecule has 2 aromatic carbocycles. The van der Waals surface area contributed by atoms with E-state index in [0.717, 1.165) is 6.07 Å². The first-order valence-electron chi connectivity index (χ1n) is 8.11. The average molecular weight is 414 g/mol. The Labute approximate surface area is 163 Å². The summed E-state index contributed by atoms with van der Waals surface area (Å²) in [5, 5.41) is 13.8. The van der Waals surface area contributed by atoms with Crippen molar-refractivity contribution in [3.63, 3.8) is 0 Å². The zero-order chi connectivity index (χ0) is 21.6. The zero-order valence-electron chi connectivity index (χ0n) is 15.4. The number of benzene rings is 2. The van der Waals surface area contributed by atoms with Crippen LogP contribution in [0, 0.1) is 10.1 Å². The number of ether oxygens (including phenoxy) is 3. The Bertz CT molecular complexity index is 884. The van der Waals surface area contributed by atoms with E-state index in [1.165, 1.54) is 44.6 Å². The van der Waals surface area contributed by atoms with Crippen LogP contribution in [0.15, 0.2) is 36.4 Å². The smallest absolute Gasteiger partial charge is 0.422 e. The molecular weight excluding hydrogens is 397 g/mol. The standard InChI is InChI=1S/C18H17F3N2O6/c1-27-15-7-13(14(23(25)26)8-16(15)28-2)17(24)22-9-11-3-5-12(6-4-11)29-10-18(19,20)21/h3-8H,9-10H2,1-2H3,(H,22,24). The van der Waals surface area contributed by atoms with Gasteiger partial charge in [-0.1, -0.05) is 12.1 Å². The van der Waals surface area contributed by atoms with E-state index in [-0.39, 0.29) is 29.4 Å². The Balaban J connectivity index is 2.10. The van der Waals surface area contributed by atoms with Gasteiger partial charge in [0.25, 0.3) is 11.6 Å². The van der Waals surface area contributed by atoms with Gasteiger partial charge in [0.2, 0.25) is 0 Å². The fourth-order valence-electron chi connectivity index (χ4n) is 2.35. The maximum atomic E-state index is 12.4. The van der Waals surface area contributed by atoms with Crippen LogP contribution in [-0.2, 0) is 6.54 Å².